The largest absolute Gasteiger partial charge is 0.467 e. The minimum absolute atomic E-state index is 0.0561. The quantitative estimate of drug-likeness (QED) is 0.159. The van der Waals surface area contributed by atoms with E-state index in [0.29, 0.717) is 40.5 Å². The van der Waals surface area contributed by atoms with Crippen molar-refractivity contribution in [3.8, 4) is 0 Å². The van der Waals surface area contributed by atoms with E-state index in [4.69, 9.17) is 9.40 Å². The molecule has 2 amide bonds. The lowest BCUT2D eigenvalue weighted by atomic mass is 10.1. The molecule has 0 atom stereocenters. The van der Waals surface area contributed by atoms with Gasteiger partial charge in [-0.3, -0.25) is 19.0 Å². The minimum atomic E-state index is -0.288. The first-order valence-corrected chi connectivity index (χ1v) is 13.7. The summed E-state index contributed by atoms with van der Waals surface area (Å²) in [6.07, 6.45) is 4.40. The molecule has 2 aromatic carbocycles. The highest BCUT2D eigenvalue weighted by atomic mass is 32.2. The van der Waals surface area contributed by atoms with Crippen molar-refractivity contribution in [2.24, 2.45) is 0 Å². The van der Waals surface area contributed by atoms with E-state index in [1.807, 2.05) is 30.3 Å². The maximum Gasteiger partial charge on any atom is 0.262 e. The SMILES string of the molecule is CCCCCn1c(SCC(=O)N(C)Cc2ccccc2)nc2cc(C(=O)NCc3ccco3)ccc2c1=O. The van der Waals surface area contributed by atoms with E-state index >= 15 is 0 Å². The van der Waals surface area contributed by atoms with E-state index in [2.05, 4.69) is 12.2 Å². The van der Waals surface area contributed by atoms with Crippen LogP contribution < -0.4 is 10.9 Å². The van der Waals surface area contributed by atoms with Gasteiger partial charge in [-0.15, -0.1) is 0 Å². The summed E-state index contributed by atoms with van der Waals surface area (Å²) in [6, 6.07) is 18.2. The highest BCUT2D eigenvalue weighted by molar-refractivity contribution is 7.99. The zero-order valence-corrected chi connectivity index (χ0v) is 22.5. The van der Waals surface area contributed by atoms with Gasteiger partial charge in [0.05, 0.1) is 29.5 Å². The predicted molar refractivity (Wildman–Crippen MR) is 149 cm³/mol. The van der Waals surface area contributed by atoms with Crippen LogP contribution in [0, 0.1) is 0 Å². The number of thioether (sulfide) groups is 1. The van der Waals surface area contributed by atoms with E-state index in [0.717, 1.165) is 24.8 Å². The van der Waals surface area contributed by atoms with Crippen molar-refractivity contribution in [1.82, 2.24) is 19.8 Å². The van der Waals surface area contributed by atoms with Crippen molar-refractivity contribution < 1.29 is 14.0 Å². The molecule has 2 aromatic heterocycles. The molecule has 4 rings (SSSR count). The van der Waals surface area contributed by atoms with Crippen molar-refractivity contribution in [2.45, 2.75) is 51.0 Å². The molecule has 0 bridgehead atoms. The number of nitrogens with one attached hydrogen (secondary N) is 1. The third-order valence-electron chi connectivity index (χ3n) is 6.18. The summed E-state index contributed by atoms with van der Waals surface area (Å²) in [7, 11) is 1.77. The lowest BCUT2D eigenvalue weighted by molar-refractivity contribution is -0.127. The number of nitrogens with zero attached hydrogens (tertiary/aromatic N) is 3. The van der Waals surface area contributed by atoms with Crippen molar-refractivity contribution in [2.75, 3.05) is 12.8 Å². The topological polar surface area (TPSA) is 97.4 Å². The molecule has 0 aliphatic heterocycles. The van der Waals surface area contributed by atoms with Gasteiger partial charge in [-0.1, -0.05) is 61.9 Å². The van der Waals surface area contributed by atoms with Gasteiger partial charge in [0.1, 0.15) is 5.76 Å². The Hall–Kier alpha value is -3.85. The first kappa shape index (κ1) is 27.2. The average molecular weight is 533 g/mol. The summed E-state index contributed by atoms with van der Waals surface area (Å²) in [4.78, 5) is 45.4. The van der Waals surface area contributed by atoms with Gasteiger partial charge in [-0.05, 0) is 42.3 Å². The molecule has 0 saturated heterocycles. The Kier molecular flexibility index (Phi) is 9.37. The number of fused-ring (bicyclic) bond motifs is 1. The minimum Gasteiger partial charge on any atom is -0.467 e. The lowest BCUT2D eigenvalue weighted by Crippen LogP contribution is -2.29. The van der Waals surface area contributed by atoms with Gasteiger partial charge in [-0.2, -0.15) is 0 Å². The number of rotatable bonds is 12. The number of hydrogen-bond acceptors (Lipinski definition) is 6. The third-order valence-corrected chi connectivity index (χ3v) is 7.15. The van der Waals surface area contributed by atoms with Crippen molar-refractivity contribution in [3.63, 3.8) is 0 Å². The van der Waals surface area contributed by atoms with Gasteiger partial charge in [0.2, 0.25) is 5.91 Å². The zero-order chi connectivity index (χ0) is 26.9. The van der Waals surface area contributed by atoms with Gasteiger partial charge < -0.3 is 14.6 Å². The van der Waals surface area contributed by atoms with Crippen LogP contribution in [-0.2, 0) is 24.4 Å². The monoisotopic (exact) mass is 532 g/mol. The standard InChI is InChI=1S/C29H32N4O4S/c1-3-4-8-15-33-28(36)24-14-13-22(27(35)30-18-23-12-9-16-37-23)17-25(24)31-29(33)38-20-26(34)32(2)19-21-10-6-5-7-11-21/h5-7,9-14,16-17H,3-4,8,15,18-20H2,1-2H3,(H,30,35). The smallest absolute Gasteiger partial charge is 0.262 e. The molecule has 0 fully saturated rings. The normalized spacial score (nSPS) is 11.0. The third kappa shape index (κ3) is 6.92. The van der Waals surface area contributed by atoms with Crippen LogP contribution in [0.3, 0.4) is 0 Å². The number of amides is 2. The predicted octanol–water partition coefficient (Wildman–Crippen LogP) is 4.86. The summed E-state index contributed by atoms with van der Waals surface area (Å²) in [5, 5.41) is 3.74. The van der Waals surface area contributed by atoms with Gasteiger partial charge in [-0.25, -0.2) is 4.98 Å². The fraction of sp³-hybridized carbons (Fsp3) is 0.310. The molecule has 0 spiro atoms. The number of furan rings is 1. The Bertz CT molecular complexity index is 1430. The number of aromatic nitrogens is 2. The molecule has 0 radical (unpaired) electrons. The molecular weight excluding hydrogens is 500 g/mol. The van der Waals surface area contributed by atoms with Crippen molar-refractivity contribution in [3.05, 3.63) is 94.2 Å². The van der Waals surface area contributed by atoms with Crippen LogP contribution >= 0.6 is 11.8 Å². The molecule has 0 aliphatic rings. The van der Waals surface area contributed by atoms with E-state index < -0.39 is 0 Å². The van der Waals surface area contributed by atoms with E-state index in [-0.39, 0.29) is 29.7 Å². The van der Waals surface area contributed by atoms with Crippen LogP contribution in [0.25, 0.3) is 10.9 Å². The molecule has 198 valence electrons. The average Bonchev–Trinajstić information content (AvgIpc) is 3.46. The maximum atomic E-state index is 13.4. The Morgan fingerprint density at radius 3 is 2.63 bits per heavy atom. The number of carbonyl (C=O) groups is 2. The molecule has 38 heavy (non-hydrogen) atoms. The lowest BCUT2D eigenvalue weighted by Gasteiger charge is -2.18. The van der Waals surface area contributed by atoms with Crippen LogP contribution in [0.15, 0.2) is 81.3 Å². The Morgan fingerprint density at radius 2 is 1.89 bits per heavy atom. The molecule has 1 N–H and O–H groups in total. The Balaban J connectivity index is 1.54. The second-order valence-electron chi connectivity index (χ2n) is 9.08. The van der Waals surface area contributed by atoms with Crippen molar-refractivity contribution >= 4 is 34.5 Å². The zero-order valence-electron chi connectivity index (χ0n) is 21.7. The van der Waals surface area contributed by atoms with Gasteiger partial charge in [0.25, 0.3) is 11.5 Å². The van der Waals surface area contributed by atoms with Crippen LogP contribution in [-0.4, -0.2) is 39.1 Å². The summed E-state index contributed by atoms with van der Waals surface area (Å²) in [6.45, 7) is 3.40. The first-order chi connectivity index (χ1) is 18.5. The van der Waals surface area contributed by atoms with Crippen LogP contribution in [0.4, 0.5) is 0 Å². The molecule has 0 saturated carbocycles. The number of hydrogen-bond donors (Lipinski definition) is 1. The molecule has 4 aromatic rings. The number of carbonyl (C=O) groups excluding carboxylic acids is 2. The second-order valence-corrected chi connectivity index (χ2v) is 10.0. The molecular formula is C29H32N4O4S. The fourth-order valence-electron chi connectivity index (χ4n) is 4.03. The fourth-order valence-corrected chi connectivity index (χ4v) is 5.00. The van der Waals surface area contributed by atoms with Crippen molar-refractivity contribution in [1.29, 1.82) is 0 Å². The second kappa shape index (κ2) is 13.1. The molecule has 9 heteroatoms. The van der Waals surface area contributed by atoms with Gasteiger partial charge in [0.15, 0.2) is 5.16 Å². The Morgan fingerprint density at radius 1 is 1.08 bits per heavy atom. The van der Waals surface area contributed by atoms with Crippen LogP contribution in [0.2, 0.25) is 0 Å². The maximum absolute atomic E-state index is 13.4. The first-order valence-electron chi connectivity index (χ1n) is 12.7. The molecule has 2 heterocycles. The molecule has 0 aliphatic carbocycles. The molecule has 8 nitrogen and oxygen atoms in total. The summed E-state index contributed by atoms with van der Waals surface area (Å²) >= 11 is 1.25. The van der Waals surface area contributed by atoms with Gasteiger partial charge >= 0.3 is 0 Å². The van der Waals surface area contributed by atoms with E-state index in [1.54, 1.807) is 53.1 Å². The summed E-state index contributed by atoms with van der Waals surface area (Å²) in [5.41, 5.74) is 1.71. The van der Waals surface area contributed by atoms with Gasteiger partial charge in [0, 0.05) is 25.7 Å². The number of unbranched alkanes of at least 4 members (excludes halogenated alkanes) is 2. The number of benzene rings is 2. The van der Waals surface area contributed by atoms with E-state index in [9.17, 15) is 14.4 Å². The van der Waals surface area contributed by atoms with Crippen LogP contribution in [0.5, 0.6) is 0 Å². The highest BCUT2D eigenvalue weighted by Crippen LogP contribution is 2.20. The highest BCUT2D eigenvalue weighted by Gasteiger charge is 2.17. The Labute approximate surface area is 226 Å². The summed E-state index contributed by atoms with van der Waals surface area (Å²) < 4.78 is 6.92. The van der Waals surface area contributed by atoms with E-state index in [1.165, 1.54) is 11.8 Å². The summed E-state index contributed by atoms with van der Waals surface area (Å²) in [5.74, 6) is 0.453. The molecule has 0 unspecified atom stereocenters. The van der Waals surface area contributed by atoms with Crippen LogP contribution in [0.1, 0.15) is 47.9 Å².